The van der Waals surface area contributed by atoms with Crippen molar-refractivity contribution in [3.8, 4) is 0 Å². The Balaban J connectivity index is 1.82. The maximum Gasteiger partial charge on any atom is 0.336 e. The molecule has 2 aliphatic carbocycles. The molecule has 1 saturated carbocycles. The summed E-state index contributed by atoms with van der Waals surface area (Å²) in [6, 6.07) is 0. The van der Waals surface area contributed by atoms with Crippen molar-refractivity contribution in [1.82, 2.24) is 0 Å². The van der Waals surface area contributed by atoms with Gasteiger partial charge in [-0.15, -0.1) is 0 Å². The minimum absolute atomic E-state index is 0.0673. The van der Waals surface area contributed by atoms with Crippen molar-refractivity contribution in [1.29, 1.82) is 0 Å². The number of aryl methyl sites for hydroxylation is 1. The number of hydrogen-bond donors (Lipinski definition) is 1. The molecule has 1 N–H and O–H groups in total. The first-order chi connectivity index (χ1) is 11.3. The highest BCUT2D eigenvalue weighted by Gasteiger charge is 2.75. The molecule has 1 aliphatic heterocycles. The van der Waals surface area contributed by atoms with E-state index >= 15 is 0 Å². The maximum absolute atomic E-state index is 12.4. The van der Waals surface area contributed by atoms with Gasteiger partial charge in [-0.2, -0.15) is 0 Å². The van der Waals surface area contributed by atoms with Gasteiger partial charge in [0.25, 0.3) is 0 Å². The predicted molar refractivity (Wildman–Crippen MR) is 86.3 cm³/mol. The van der Waals surface area contributed by atoms with Crippen LogP contribution in [0.3, 0.4) is 0 Å². The van der Waals surface area contributed by atoms with Crippen LogP contribution in [-0.4, -0.2) is 29.4 Å². The Hall–Kier alpha value is -1.59. The molecule has 0 bridgehead atoms. The summed E-state index contributed by atoms with van der Waals surface area (Å²) < 4.78 is 17.9. The lowest BCUT2D eigenvalue weighted by atomic mass is 9.53. The Morgan fingerprint density at radius 3 is 2.96 bits per heavy atom. The molecule has 1 saturated heterocycles. The van der Waals surface area contributed by atoms with E-state index in [-0.39, 0.29) is 22.7 Å². The second-order valence-electron chi connectivity index (χ2n) is 7.74. The summed E-state index contributed by atoms with van der Waals surface area (Å²) in [7, 11) is 0. The third kappa shape index (κ3) is 1.80. The summed E-state index contributed by atoms with van der Waals surface area (Å²) in [6.45, 7) is 9.55. The Bertz CT molecular complexity index is 719. The zero-order valence-corrected chi connectivity index (χ0v) is 14.4. The highest BCUT2D eigenvalue weighted by Crippen LogP contribution is 2.69. The number of furan rings is 1. The smallest absolute Gasteiger partial charge is 0.336 e. The van der Waals surface area contributed by atoms with Gasteiger partial charge in [-0.3, -0.25) is 0 Å². The van der Waals surface area contributed by atoms with E-state index in [0.717, 1.165) is 36.1 Å². The van der Waals surface area contributed by atoms with Crippen molar-refractivity contribution in [2.75, 3.05) is 6.61 Å². The molecule has 1 spiro atoms. The van der Waals surface area contributed by atoms with E-state index in [4.69, 9.17) is 13.9 Å². The number of carbonyl (C=O) groups excluding carboxylic acids is 1. The Labute approximate surface area is 141 Å². The first-order valence-electron chi connectivity index (χ1n) is 8.59. The minimum Gasteiger partial charge on any atom is -0.469 e. The van der Waals surface area contributed by atoms with Gasteiger partial charge in [-0.25, -0.2) is 4.79 Å². The molecular weight excluding hydrogens is 308 g/mol. The van der Waals surface area contributed by atoms with E-state index in [1.807, 2.05) is 6.92 Å². The van der Waals surface area contributed by atoms with Crippen molar-refractivity contribution in [2.24, 2.45) is 11.3 Å². The number of epoxide rings is 1. The van der Waals surface area contributed by atoms with E-state index in [0.29, 0.717) is 5.92 Å². The van der Waals surface area contributed by atoms with Gasteiger partial charge in [0.15, 0.2) is 0 Å². The summed E-state index contributed by atoms with van der Waals surface area (Å²) in [5, 5.41) is 9.21. The van der Waals surface area contributed by atoms with Crippen LogP contribution in [0.1, 0.15) is 49.7 Å². The van der Waals surface area contributed by atoms with Gasteiger partial charge in [0, 0.05) is 17.4 Å². The number of rotatable bonds is 3. The summed E-state index contributed by atoms with van der Waals surface area (Å²) in [5.74, 6) is 0.648. The first-order valence-corrected chi connectivity index (χ1v) is 8.59. The van der Waals surface area contributed by atoms with E-state index in [1.165, 1.54) is 0 Å². The molecular formula is C19H24O5. The second-order valence-corrected chi connectivity index (χ2v) is 7.74. The fourth-order valence-electron chi connectivity index (χ4n) is 4.90. The van der Waals surface area contributed by atoms with Gasteiger partial charge in [-0.05, 0) is 31.2 Å². The summed E-state index contributed by atoms with van der Waals surface area (Å²) in [4.78, 5) is 12.4. The Morgan fingerprint density at radius 1 is 1.50 bits per heavy atom. The molecule has 0 radical (unpaired) electrons. The van der Waals surface area contributed by atoms with Crippen LogP contribution in [0.4, 0.5) is 0 Å². The monoisotopic (exact) mass is 332 g/mol. The van der Waals surface area contributed by atoms with Gasteiger partial charge in [-0.1, -0.05) is 20.4 Å². The second kappa shape index (κ2) is 4.96. The van der Waals surface area contributed by atoms with Crippen LogP contribution in [0, 0.1) is 18.3 Å². The predicted octanol–water partition coefficient (Wildman–Crippen LogP) is 2.85. The van der Waals surface area contributed by atoms with Crippen LogP contribution in [0.15, 0.2) is 22.8 Å². The zero-order valence-electron chi connectivity index (χ0n) is 14.4. The topological polar surface area (TPSA) is 72.2 Å². The summed E-state index contributed by atoms with van der Waals surface area (Å²) in [5.41, 5.74) is 1.39. The molecule has 5 heteroatoms. The van der Waals surface area contributed by atoms with Crippen molar-refractivity contribution < 1.29 is 23.8 Å². The molecule has 4 rings (SSSR count). The van der Waals surface area contributed by atoms with Crippen LogP contribution in [0.2, 0.25) is 0 Å². The van der Waals surface area contributed by atoms with Crippen molar-refractivity contribution >= 4 is 5.97 Å². The molecule has 3 aliphatic rings. The van der Waals surface area contributed by atoms with Crippen LogP contribution in [0.5, 0.6) is 0 Å². The normalized spacial score (nSPS) is 39.4. The zero-order chi connectivity index (χ0) is 17.3. The first kappa shape index (κ1) is 15.9. The van der Waals surface area contributed by atoms with Crippen molar-refractivity contribution in [2.45, 2.75) is 57.8 Å². The molecule has 0 amide bonds. The average molecular weight is 332 g/mol. The SMILES string of the molecule is C=C(CO)C(=O)OC1c2c(C)coc2C[C@@]23O[C@@H]2CC[C@H](C)[C@@]13C. The van der Waals surface area contributed by atoms with Crippen LogP contribution in [-0.2, 0) is 20.7 Å². The van der Waals surface area contributed by atoms with E-state index in [2.05, 4.69) is 20.4 Å². The number of aliphatic hydroxyl groups excluding tert-OH is 1. The molecule has 0 aromatic carbocycles. The third-order valence-electron chi connectivity index (χ3n) is 6.65. The number of carbonyl (C=O) groups is 1. The number of aliphatic hydroxyl groups is 1. The number of hydrogen-bond acceptors (Lipinski definition) is 5. The number of fused-ring (bicyclic) bond motifs is 1. The van der Waals surface area contributed by atoms with Gasteiger partial charge in [0.2, 0.25) is 0 Å². The standard InChI is InChI=1S/C19H24O5/c1-10(8-20)17(21)23-16-15-11(2)9-22-13(15)7-19-14(24-19)6-5-12(3)18(16,19)4/h9,12,14,16,20H,1,5-8H2,2-4H3/t12-,14+,16?,18-,19+/m0/s1. The number of ether oxygens (including phenoxy) is 2. The molecule has 5 nitrogen and oxygen atoms in total. The lowest BCUT2D eigenvalue weighted by Crippen LogP contribution is -2.54. The fraction of sp³-hybridized carbons (Fsp3) is 0.632. The van der Waals surface area contributed by atoms with Crippen LogP contribution in [0.25, 0.3) is 0 Å². The molecule has 130 valence electrons. The van der Waals surface area contributed by atoms with Crippen LogP contribution >= 0.6 is 0 Å². The highest BCUT2D eigenvalue weighted by molar-refractivity contribution is 5.88. The highest BCUT2D eigenvalue weighted by atomic mass is 16.6. The van der Waals surface area contributed by atoms with Crippen LogP contribution < -0.4 is 0 Å². The van der Waals surface area contributed by atoms with Gasteiger partial charge >= 0.3 is 5.97 Å². The third-order valence-corrected chi connectivity index (χ3v) is 6.65. The van der Waals surface area contributed by atoms with Crippen molar-refractivity contribution in [3.63, 3.8) is 0 Å². The Kier molecular flexibility index (Phi) is 3.29. The minimum atomic E-state index is -0.553. The fourth-order valence-corrected chi connectivity index (χ4v) is 4.90. The molecule has 2 fully saturated rings. The molecule has 2 heterocycles. The van der Waals surface area contributed by atoms with E-state index < -0.39 is 18.7 Å². The molecule has 5 atom stereocenters. The molecule has 1 aromatic rings. The quantitative estimate of drug-likeness (QED) is 0.523. The number of esters is 1. The van der Waals surface area contributed by atoms with Crippen molar-refractivity contribution in [3.05, 3.63) is 35.3 Å². The lowest BCUT2D eigenvalue weighted by molar-refractivity contribution is -0.164. The van der Waals surface area contributed by atoms with Gasteiger partial charge in [0.05, 0.1) is 24.5 Å². The maximum atomic E-state index is 12.4. The largest absolute Gasteiger partial charge is 0.469 e. The summed E-state index contributed by atoms with van der Waals surface area (Å²) >= 11 is 0. The summed E-state index contributed by atoms with van der Waals surface area (Å²) in [6.07, 6.45) is 4.30. The van der Waals surface area contributed by atoms with Gasteiger partial charge in [0.1, 0.15) is 17.5 Å². The molecule has 1 aromatic heterocycles. The molecule has 24 heavy (non-hydrogen) atoms. The van der Waals surface area contributed by atoms with Gasteiger partial charge < -0.3 is 19.0 Å². The average Bonchev–Trinajstić information content (AvgIpc) is 3.17. The van der Waals surface area contributed by atoms with E-state index in [9.17, 15) is 9.90 Å². The Morgan fingerprint density at radius 2 is 2.25 bits per heavy atom. The molecule has 1 unspecified atom stereocenters. The van der Waals surface area contributed by atoms with E-state index in [1.54, 1.807) is 6.26 Å². The lowest BCUT2D eigenvalue weighted by Gasteiger charge is -2.50.